The molecule has 88 valence electrons. The molecule has 0 aromatic heterocycles. The van der Waals surface area contributed by atoms with Crippen LogP contribution in [0.2, 0.25) is 0 Å². The first-order valence-corrected chi connectivity index (χ1v) is 5.64. The van der Waals surface area contributed by atoms with Gasteiger partial charge in [0.15, 0.2) is 0 Å². The van der Waals surface area contributed by atoms with E-state index < -0.39 is 0 Å². The number of rotatable bonds is 6. The van der Waals surface area contributed by atoms with Gasteiger partial charge in [0, 0.05) is 12.6 Å². The van der Waals surface area contributed by atoms with Gasteiger partial charge < -0.3 is 10.2 Å². The quantitative estimate of drug-likeness (QED) is 0.189. The summed E-state index contributed by atoms with van der Waals surface area (Å²) < 4.78 is 0. The molecule has 0 aliphatic heterocycles. The molecule has 0 radical (unpaired) electrons. The molecular formula is C10H23N5. The molecule has 15 heavy (non-hydrogen) atoms. The summed E-state index contributed by atoms with van der Waals surface area (Å²) in [5.74, 6) is 6.10. The summed E-state index contributed by atoms with van der Waals surface area (Å²) in [6.07, 6.45) is 4.76. The number of aliphatic imine (C=N–C) groups is 1. The van der Waals surface area contributed by atoms with Crippen molar-refractivity contribution in [3.8, 4) is 0 Å². The van der Waals surface area contributed by atoms with Crippen LogP contribution in [0.25, 0.3) is 0 Å². The second-order valence-corrected chi connectivity index (χ2v) is 4.30. The van der Waals surface area contributed by atoms with Crippen molar-refractivity contribution in [3.63, 3.8) is 0 Å². The standard InChI is InChI=1S/C10H23N5/c1-15(2)8-4-3-7-12-10(14-11)13-9-5-6-9/h9H,3-8,11H2,1-2H3,(H2,12,13,14). The Kier molecular flexibility index (Phi) is 5.42. The van der Waals surface area contributed by atoms with E-state index >= 15 is 0 Å². The fourth-order valence-corrected chi connectivity index (χ4v) is 1.28. The van der Waals surface area contributed by atoms with Crippen LogP contribution >= 0.6 is 0 Å². The highest BCUT2D eigenvalue weighted by molar-refractivity contribution is 5.79. The van der Waals surface area contributed by atoms with Crippen molar-refractivity contribution in [1.82, 2.24) is 15.6 Å². The predicted molar refractivity (Wildman–Crippen MR) is 63.6 cm³/mol. The van der Waals surface area contributed by atoms with Crippen LogP contribution in [-0.2, 0) is 0 Å². The molecule has 0 aromatic rings. The zero-order valence-electron chi connectivity index (χ0n) is 9.79. The van der Waals surface area contributed by atoms with E-state index in [9.17, 15) is 0 Å². The molecule has 1 fully saturated rings. The number of nitrogens with two attached hydrogens (primary N) is 1. The van der Waals surface area contributed by atoms with E-state index in [0.717, 1.165) is 25.5 Å². The highest BCUT2D eigenvalue weighted by atomic mass is 15.3. The molecule has 0 amide bonds. The van der Waals surface area contributed by atoms with Crippen LogP contribution in [0.1, 0.15) is 25.7 Å². The third kappa shape index (κ3) is 6.30. The van der Waals surface area contributed by atoms with Gasteiger partial charge in [-0.1, -0.05) is 0 Å². The van der Waals surface area contributed by atoms with Crippen molar-refractivity contribution in [3.05, 3.63) is 0 Å². The zero-order valence-corrected chi connectivity index (χ0v) is 9.79. The summed E-state index contributed by atoms with van der Waals surface area (Å²) in [5, 5.41) is 3.24. The minimum atomic E-state index is 0.599. The lowest BCUT2D eigenvalue weighted by atomic mass is 10.3. The molecule has 1 rings (SSSR count). The van der Waals surface area contributed by atoms with Crippen LogP contribution in [0.15, 0.2) is 4.99 Å². The lowest BCUT2D eigenvalue weighted by Gasteiger charge is -2.09. The second-order valence-electron chi connectivity index (χ2n) is 4.30. The van der Waals surface area contributed by atoms with Crippen LogP contribution in [0.5, 0.6) is 0 Å². The SMILES string of the molecule is CN(C)CCCCN=C(NN)NC1CC1. The monoisotopic (exact) mass is 213 g/mol. The van der Waals surface area contributed by atoms with Crippen molar-refractivity contribution in [2.45, 2.75) is 31.7 Å². The van der Waals surface area contributed by atoms with Crippen LogP contribution in [-0.4, -0.2) is 44.1 Å². The molecule has 0 aromatic carbocycles. The summed E-state index contributed by atoms with van der Waals surface area (Å²) in [5.41, 5.74) is 2.60. The Hall–Kier alpha value is -0.810. The summed E-state index contributed by atoms with van der Waals surface area (Å²) in [6, 6.07) is 0.599. The van der Waals surface area contributed by atoms with Gasteiger partial charge >= 0.3 is 0 Å². The Morgan fingerprint density at radius 2 is 2.13 bits per heavy atom. The predicted octanol–water partition coefficient (Wildman–Crippen LogP) is -0.100. The number of nitrogens with one attached hydrogen (secondary N) is 2. The largest absolute Gasteiger partial charge is 0.353 e. The third-order valence-corrected chi connectivity index (χ3v) is 2.34. The molecule has 0 heterocycles. The molecular weight excluding hydrogens is 190 g/mol. The highest BCUT2D eigenvalue weighted by Crippen LogP contribution is 2.18. The van der Waals surface area contributed by atoms with Crippen LogP contribution in [0, 0.1) is 0 Å². The van der Waals surface area contributed by atoms with Crippen molar-refractivity contribution < 1.29 is 0 Å². The molecule has 1 aliphatic carbocycles. The van der Waals surface area contributed by atoms with Crippen molar-refractivity contribution in [2.24, 2.45) is 10.8 Å². The lowest BCUT2D eigenvalue weighted by Crippen LogP contribution is -2.42. The number of hydrogen-bond acceptors (Lipinski definition) is 3. The summed E-state index contributed by atoms with van der Waals surface area (Å²) in [4.78, 5) is 6.56. The van der Waals surface area contributed by atoms with Crippen molar-refractivity contribution >= 4 is 5.96 Å². The van der Waals surface area contributed by atoms with Crippen molar-refractivity contribution in [1.29, 1.82) is 0 Å². The first kappa shape index (κ1) is 12.3. The Balaban J connectivity index is 2.05. The van der Waals surface area contributed by atoms with Crippen molar-refractivity contribution in [2.75, 3.05) is 27.2 Å². The molecule has 1 aliphatic rings. The molecule has 0 saturated heterocycles. The molecule has 0 bridgehead atoms. The molecule has 0 unspecified atom stereocenters. The second kappa shape index (κ2) is 6.63. The first-order valence-electron chi connectivity index (χ1n) is 5.64. The normalized spacial score (nSPS) is 16.9. The summed E-state index contributed by atoms with van der Waals surface area (Å²) >= 11 is 0. The number of hydrazine groups is 1. The molecule has 1 saturated carbocycles. The lowest BCUT2D eigenvalue weighted by molar-refractivity contribution is 0.395. The van der Waals surface area contributed by atoms with Gasteiger partial charge in [0.2, 0.25) is 5.96 Å². The van der Waals surface area contributed by atoms with Gasteiger partial charge in [0.25, 0.3) is 0 Å². The maximum Gasteiger partial charge on any atom is 0.205 e. The molecule has 5 nitrogen and oxygen atoms in total. The van der Waals surface area contributed by atoms with E-state index in [1.165, 1.54) is 19.3 Å². The van der Waals surface area contributed by atoms with Crippen LogP contribution in [0.4, 0.5) is 0 Å². The highest BCUT2D eigenvalue weighted by Gasteiger charge is 2.21. The van der Waals surface area contributed by atoms with Crippen LogP contribution in [0.3, 0.4) is 0 Å². The average Bonchev–Trinajstić information content (AvgIpc) is 2.99. The van der Waals surface area contributed by atoms with E-state index in [1.807, 2.05) is 0 Å². The van der Waals surface area contributed by atoms with Gasteiger partial charge in [-0.2, -0.15) is 0 Å². The van der Waals surface area contributed by atoms with Crippen LogP contribution < -0.4 is 16.6 Å². The number of unbranched alkanes of at least 4 members (excludes halogenated alkanes) is 1. The van der Waals surface area contributed by atoms with E-state index in [1.54, 1.807) is 0 Å². The molecule has 0 spiro atoms. The van der Waals surface area contributed by atoms with Gasteiger partial charge in [0.1, 0.15) is 0 Å². The maximum absolute atomic E-state index is 5.36. The van der Waals surface area contributed by atoms with E-state index in [-0.39, 0.29) is 0 Å². The van der Waals surface area contributed by atoms with E-state index in [4.69, 9.17) is 5.84 Å². The fraction of sp³-hybridized carbons (Fsp3) is 0.900. The van der Waals surface area contributed by atoms with E-state index in [2.05, 4.69) is 34.7 Å². The fourth-order valence-electron chi connectivity index (χ4n) is 1.28. The number of nitrogens with zero attached hydrogens (tertiary/aromatic N) is 2. The maximum atomic E-state index is 5.36. The first-order chi connectivity index (χ1) is 7.22. The smallest absolute Gasteiger partial charge is 0.205 e. The number of hydrogen-bond donors (Lipinski definition) is 3. The average molecular weight is 213 g/mol. The summed E-state index contributed by atoms with van der Waals surface area (Å²) in [7, 11) is 4.18. The minimum Gasteiger partial charge on any atom is -0.353 e. The van der Waals surface area contributed by atoms with Gasteiger partial charge in [-0.15, -0.1) is 0 Å². The molecule has 5 heteroatoms. The Morgan fingerprint density at radius 1 is 1.40 bits per heavy atom. The molecule has 0 atom stereocenters. The van der Waals surface area contributed by atoms with Gasteiger partial charge in [-0.25, -0.2) is 5.84 Å². The Labute approximate surface area is 92.1 Å². The Bertz CT molecular complexity index is 198. The summed E-state index contributed by atoms with van der Waals surface area (Å²) in [6.45, 7) is 1.96. The zero-order chi connectivity index (χ0) is 11.1. The van der Waals surface area contributed by atoms with Gasteiger partial charge in [-0.05, 0) is 46.3 Å². The Morgan fingerprint density at radius 3 is 2.67 bits per heavy atom. The van der Waals surface area contributed by atoms with E-state index in [0.29, 0.717) is 6.04 Å². The van der Waals surface area contributed by atoms with Gasteiger partial charge in [-0.3, -0.25) is 10.4 Å². The molecule has 4 N–H and O–H groups in total. The van der Waals surface area contributed by atoms with Gasteiger partial charge in [0.05, 0.1) is 0 Å². The minimum absolute atomic E-state index is 0.599. The number of guanidine groups is 1. The topological polar surface area (TPSA) is 65.7 Å². The third-order valence-electron chi connectivity index (χ3n) is 2.34.